The summed E-state index contributed by atoms with van der Waals surface area (Å²) in [5.41, 5.74) is 0.438. The summed E-state index contributed by atoms with van der Waals surface area (Å²) in [7, 11) is -3.86. The largest absolute Gasteiger partial charge is 0.508 e. The van der Waals surface area contributed by atoms with Crippen molar-refractivity contribution in [3.8, 4) is 5.75 Å². The van der Waals surface area contributed by atoms with Crippen LogP contribution < -0.4 is 10.0 Å². The number of benzene rings is 1. The number of nitrogens with zero attached hydrogens (tertiary/aromatic N) is 2. The summed E-state index contributed by atoms with van der Waals surface area (Å²) in [5.74, 6) is -0.367. The number of aromatic hydroxyl groups is 1. The Morgan fingerprint density at radius 3 is 2.71 bits per heavy atom. The van der Waals surface area contributed by atoms with Crippen LogP contribution in [0.1, 0.15) is 12.5 Å². The molecular weight excluding hydrogens is 316 g/mol. The van der Waals surface area contributed by atoms with Crippen LogP contribution in [-0.4, -0.2) is 29.6 Å². The molecule has 0 fully saturated rings. The molecule has 0 unspecified atom stereocenters. The summed E-state index contributed by atoms with van der Waals surface area (Å²) in [6.07, 6.45) is 0. The molecule has 21 heavy (non-hydrogen) atoms. The van der Waals surface area contributed by atoms with Crippen molar-refractivity contribution < 1.29 is 18.3 Å². The minimum absolute atomic E-state index is 0.00333. The van der Waals surface area contributed by atoms with Gasteiger partial charge in [0.05, 0.1) is 0 Å². The van der Waals surface area contributed by atoms with Gasteiger partial charge in [0.2, 0.25) is 15.4 Å². The highest BCUT2D eigenvalue weighted by atomic mass is 32.2. The lowest BCUT2D eigenvalue weighted by atomic mass is 10.2. The van der Waals surface area contributed by atoms with E-state index in [1.165, 1.54) is 13.0 Å². The number of hydrogen-bond acceptors (Lipinski definition) is 7. The lowest BCUT2D eigenvalue weighted by Crippen LogP contribution is -2.23. The Bertz CT molecular complexity index is 757. The molecule has 112 valence electrons. The zero-order valence-corrected chi connectivity index (χ0v) is 12.5. The van der Waals surface area contributed by atoms with Gasteiger partial charge in [-0.1, -0.05) is 29.5 Å². The molecule has 1 aromatic carbocycles. The fraction of sp³-hybridized carbons (Fsp3) is 0.182. The molecule has 1 heterocycles. The van der Waals surface area contributed by atoms with Gasteiger partial charge in [-0.2, -0.15) is 0 Å². The number of para-hydroxylation sites is 1. The van der Waals surface area contributed by atoms with Crippen molar-refractivity contribution in [2.75, 3.05) is 5.32 Å². The van der Waals surface area contributed by atoms with Crippen LogP contribution in [0.3, 0.4) is 0 Å². The molecule has 0 saturated carbocycles. The van der Waals surface area contributed by atoms with Crippen molar-refractivity contribution in [3.05, 3.63) is 29.8 Å². The molecule has 1 aromatic heterocycles. The van der Waals surface area contributed by atoms with Crippen LogP contribution >= 0.6 is 11.3 Å². The fourth-order valence-electron chi connectivity index (χ4n) is 1.41. The first-order valence-corrected chi connectivity index (χ1v) is 8.06. The molecule has 3 N–H and O–H groups in total. The van der Waals surface area contributed by atoms with Crippen molar-refractivity contribution in [1.82, 2.24) is 14.9 Å². The third-order valence-electron chi connectivity index (χ3n) is 2.36. The molecule has 0 saturated heterocycles. The Morgan fingerprint density at radius 1 is 1.33 bits per heavy atom. The number of aromatic nitrogens is 2. The van der Waals surface area contributed by atoms with Crippen molar-refractivity contribution in [1.29, 1.82) is 0 Å². The van der Waals surface area contributed by atoms with E-state index in [0.717, 1.165) is 11.3 Å². The quantitative estimate of drug-likeness (QED) is 0.694. The van der Waals surface area contributed by atoms with Gasteiger partial charge in [-0.25, -0.2) is 13.1 Å². The number of hydrogen-bond donors (Lipinski definition) is 3. The Labute approximate surface area is 124 Å². The van der Waals surface area contributed by atoms with E-state index in [4.69, 9.17) is 0 Å². The minimum atomic E-state index is -3.86. The highest BCUT2D eigenvalue weighted by Gasteiger charge is 2.20. The zero-order valence-electron chi connectivity index (χ0n) is 10.9. The monoisotopic (exact) mass is 328 g/mol. The average Bonchev–Trinajstić information content (AvgIpc) is 2.86. The first-order valence-electron chi connectivity index (χ1n) is 5.76. The van der Waals surface area contributed by atoms with Gasteiger partial charge in [-0.05, 0) is 6.07 Å². The van der Waals surface area contributed by atoms with Crippen LogP contribution in [0.5, 0.6) is 5.75 Å². The van der Waals surface area contributed by atoms with E-state index in [0.29, 0.717) is 5.56 Å². The molecule has 0 bridgehead atoms. The van der Waals surface area contributed by atoms with Gasteiger partial charge >= 0.3 is 0 Å². The summed E-state index contributed by atoms with van der Waals surface area (Å²) >= 11 is 0.740. The molecule has 8 nitrogen and oxygen atoms in total. The second-order valence-electron chi connectivity index (χ2n) is 4.01. The number of carbonyl (C=O) groups excluding carboxylic acids is 1. The Balaban J connectivity index is 2.10. The van der Waals surface area contributed by atoms with E-state index in [9.17, 15) is 18.3 Å². The maximum absolute atomic E-state index is 12.0. The second-order valence-corrected chi connectivity index (χ2v) is 6.93. The smallest absolute Gasteiger partial charge is 0.270 e. The maximum Gasteiger partial charge on any atom is 0.270 e. The summed E-state index contributed by atoms with van der Waals surface area (Å²) in [6.45, 7) is 1.20. The van der Waals surface area contributed by atoms with Gasteiger partial charge in [-0.15, -0.1) is 10.2 Å². The SMILES string of the molecule is CC(=O)Nc1nnc(S(=O)(=O)NCc2ccccc2O)s1. The van der Waals surface area contributed by atoms with Gasteiger partial charge in [0.25, 0.3) is 10.0 Å². The molecule has 0 spiro atoms. The van der Waals surface area contributed by atoms with E-state index in [2.05, 4.69) is 20.2 Å². The number of phenolic OH excluding ortho intramolecular Hbond substituents is 1. The topological polar surface area (TPSA) is 121 Å². The fourth-order valence-corrected chi connectivity index (χ4v) is 3.41. The van der Waals surface area contributed by atoms with Gasteiger partial charge in [0.15, 0.2) is 0 Å². The third kappa shape index (κ3) is 3.97. The van der Waals surface area contributed by atoms with E-state index < -0.39 is 10.0 Å². The van der Waals surface area contributed by atoms with Crippen molar-refractivity contribution >= 4 is 32.4 Å². The minimum Gasteiger partial charge on any atom is -0.508 e. The van der Waals surface area contributed by atoms with Gasteiger partial charge in [0.1, 0.15) is 5.75 Å². The molecule has 10 heteroatoms. The summed E-state index contributed by atoms with van der Waals surface area (Å²) < 4.78 is 26.1. The van der Waals surface area contributed by atoms with Gasteiger partial charge in [0, 0.05) is 19.0 Å². The summed E-state index contributed by atoms with van der Waals surface area (Å²) in [4.78, 5) is 10.9. The number of anilines is 1. The van der Waals surface area contributed by atoms with Gasteiger partial charge in [-0.3, -0.25) is 4.79 Å². The van der Waals surface area contributed by atoms with Crippen LogP contribution in [0.15, 0.2) is 28.6 Å². The second kappa shape index (κ2) is 6.16. The van der Waals surface area contributed by atoms with Crippen molar-refractivity contribution in [2.45, 2.75) is 17.8 Å². The number of carbonyl (C=O) groups is 1. The Kier molecular flexibility index (Phi) is 4.50. The molecule has 0 radical (unpaired) electrons. The molecule has 1 amide bonds. The lowest BCUT2D eigenvalue weighted by Gasteiger charge is -2.05. The highest BCUT2D eigenvalue weighted by molar-refractivity contribution is 7.91. The van der Waals surface area contributed by atoms with E-state index in [1.54, 1.807) is 18.2 Å². The van der Waals surface area contributed by atoms with E-state index >= 15 is 0 Å². The third-order valence-corrected chi connectivity index (χ3v) is 4.97. The van der Waals surface area contributed by atoms with Crippen molar-refractivity contribution in [2.24, 2.45) is 0 Å². The van der Waals surface area contributed by atoms with Crippen LogP contribution in [0.4, 0.5) is 5.13 Å². The standard InChI is InChI=1S/C11H12N4O4S2/c1-7(16)13-10-14-15-11(20-10)21(18,19)12-6-8-4-2-3-5-9(8)17/h2-5,12,17H,6H2,1H3,(H,13,14,16). The Morgan fingerprint density at radius 2 is 2.05 bits per heavy atom. The first-order chi connectivity index (χ1) is 9.88. The number of sulfonamides is 1. The number of amides is 1. The van der Waals surface area contributed by atoms with Crippen LogP contribution in [0.25, 0.3) is 0 Å². The maximum atomic E-state index is 12.0. The molecule has 2 rings (SSSR count). The predicted molar refractivity (Wildman–Crippen MR) is 76.3 cm³/mol. The average molecular weight is 328 g/mol. The molecule has 0 aliphatic rings. The van der Waals surface area contributed by atoms with Crippen molar-refractivity contribution in [3.63, 3.8) is 0 Å². The zero-order chi connectivity index (χ0) is 15.5. The van der Waals surface area contributed by atoms with Gasteiger partial charge < -0.3 is 10.4 Å². The molecule has 0 aliphatic heterocycles. The first kappa shape index (κ1) is 15.4. The van der Waals surface area contributed by atoms with Crippen LogP contribution in [-0.2, 0) is 21.4 Å². The number of rotatable bonds is 5. The van der Waals surface area contributed by atoms with Crippen LogP contribution in [0, 0.1) is 0 Å². The molecular formula is C11H12N4O4S2. The summed E-state index contributed by atoms with van der Waals surface area (Å²) in [5, 5.41) is 19.1. The molecule has 0 atom stereocenters. The predicted octanol–water partition coefficient (Wildman–Crippen LogP) is 0.681. The lowest BCUT2D eigenvalue weighted by molar-refractivity contribution is -0.114. The van der Waals surface area contributed by atoms with Crippen LogP contribution in [0.2, 0.25) is 0 Å². The summed E-state index contributed by atoms with van der Waals surface area (Å²) in [6, 6.07) is 6.38. The normalized spacial score (nSPS) is 11.3. The molecule has 2 aromatic rings. The highest BCUT2D eigenvalue weighted by Crippen LogP contribution is 2.21. The Hall–Kier alpha value is -2.04. The van der Waals surface area contributed by atoms with E-state index in [-0.39, 0.29) is 27.7 Å². The molecule has 0 aliphatic carbocycles. The number of phenols is 1. The number of nitrogens with one attached hydrogen (secondary N) is 2. The van der Waals surface area contributed by atoms with E-state index in [1.807, 2.05) is 0 Å².